The van der Waals surface area contributed by atoms with Gasteiger partial charge in [0.15, 0.2) is 0 Å². The van der Waals surface area contributed by atoms with Gasteiger partial charge in [0.1, 0.15) is 10.6 Å². The Morgan fingerprint density at radius 1 is 1.48 bits per heavy atom. The summed E-state index contributed by atoms with van der Waals surface area (Å²) in [6.07, 6.45) is -2.88. The summed E-state index contributed by atoms with van der Waals surface area (Å²) < 4.78 is 72.8. The van der Waals surface area contributed by atoms with Gasteiger partial charge in [0, 0.05) is 23.4 Å². The van der Waals surface area contributed by atoms with Crippen LogP contribution in [0.1, 0.15) is 17.4 Å². The van der Waals surface area contributed by atoms with Crippen LogP contribution in [0.25, 0.3) is 0 Å². The van der Waals surface area contributed by atoms with Crippen molar-refractivity contribution in [2.75, 3.05) is 6.54 Å². The molecule has 0 bridgehead atoms. The lowest BCUT2D eigenvalue weighted by atomic mass is 10.3. The van der Waals surface area contributed by atoms with Crippen molar-refractivity contribution in [2.24, 2.45) is 0 Å². The predicted molar refractivity (Wildman–Crippen MR) is 66.4 cm³/mol. The van der Waals surface area contributed by atoms with Gasteiger partial charge in [0.25, 0.3) is 15.0 Å². The molecule has 1 N–H and O–H groups in total. The standard InChI is InChI=1S/C10H11ClF4N2O3S/c1-2-17-4-6(21(11,19)20)3-7(17)8(18)16-5-10(14,15)9(12)13/h3-4,9H,2,5H2,1H3,(H,16,18). The minimum Gasteiger partial charge on any atom is -0.344 e. The Morgan fingerprint density at radius 2 is 2.05 bits per heavy atom. The van der Waals surface area contributed by atoms with E-state index in [1.807, 2.05) is 0 Å². The maximum absolute atomic E-state index is 12.7. The lowest BCUT2D eigenvalue weighted by Crippen LogP contribution is -2.41. The summed E-state index contributed by atoms with van der Waals surface area (Å²) >= 11 is 0. The van der Waals surface area contributed by atoms with E-state index < -0.39 is 38.7 Å². The minimum atomic E-state index is -4.37. The molecule has 0 aliphatic rings. The molecule has 0 atom stereocenters. The topological polar surface area (TPSA) is 68.2 Å². The largest absolute Gasteiger partial charge is 0.344 e. The summed E-state index contributed by atoms with van der Waals surface area (Å²) in [7, 11) is 1.00. The van der Waals surface area contributed by atoms with Crippen molar-refractivity contribution >= 4 is 25.6 Å². The summed E-state index contributed by atoms with van der Waals surface area (Å²) in [5.74, 6) is -5.48. The quantitative estimate of drug-likeness (QED) is 0.631. The second kappa shape index (κ2) is 6.22. The van der Waals surface area contributed by atoms with Gasteiger partial charge in [0.05, 0.1) is 6.54 Å². The molecule has 21 heavy (non-hydrogen) atoms. The van der Waals surface area contributed by atoms with E-state index in [0.717, 1.165) is 16.8 Å². The number of alkyl halides is 4. The molecule has 0 saturated carbocycles. The van der Waals surface area contributed by atoms with Gasteiger partial charge in [-0.15, -0.1) is 0 Å². The molecule has 1 heterocycles. The van der Waals surface area contributed by atoms with E-state index in [4.69, 9.17) is 10.7 Å². The molecule has 1 aromatic heterocycles. The van der Waals surface area contributed by atoms with E-state index in [1.54, 1.807) is 12.2 Å². The summed E-state index contributed by atoms with van der Waals surface area (Å²) in [6, 6.07) is 0.877. The fraction of sp³-hybridized carbons (Fsp3) is 0.500. The van der Waals surface area contributed by atoms with Crippen molar-refractivity contribution in [2.45, 2.75) is 30.7 Å². The van der Waals surface area contributed by atoms with E-state index in [9.17, 15) is 30.8 Å². The first-order valence-corrected chi connectivity index (χ1v) is 7.89. The van der Waals surface area contributed by atoms with Crippen molar-refractivity contribution in [3.05, 3.63) is 18.0 Å². The van der Waals surface area contributed by atoms with Crippen LogP contribution < -0.4 is 5.32 Å². The Labute approximate surface area is 122 Å². The van der Waals surface area contributed by atoms with Gasteiger partial charge < -0.3 is 9.88 Å². The second-order valence-corrected chi connectivity index (χ2v) is 6.60. The number of rotatable bonds is 6. The van der Waals surface area contributed by atoms with E-state index in [0.29, 0.717) is 0 Å². The first-order valence-electron chi connectivity index (χ1n) is 5.58. The van der Waals surface area contributed by atoms with Crippen molar-refractivity contribution in [1.29, 1.82) is 0 Å². The Bertz CT molecular complexity index is 630. The molecule has 1 aromatic rings. The molecule has 1 amide bonds. The highest BCUT2D eigenvalue weighted by Crippen LogP contribution is 2.22. The fourth-order valence-corrected chi connectivity index (χ4v) is 2.19. The molecule has 0 fully saturated rings. The number of hydrogen-bond acceptors (Lipinski definition) is 3. The Balaban J connectivity index is 2.96. The SMILES string of the molecule is CCn1cc(S(=O)(=O)Cl)cc1C(=O)NCC(F)(F)C(F)F. The summed E-state index contributed by atoms with van der Waals surface area (Å²) in [5.41, 5.74) is -0.276. The third-order valence-corrected chi connectivity index (χ3v) is 3.85. The first-order chi connectivity index (χ1) is 9.49. The molecular formula is C10H11ClF4N2O3S. The smallest absolute Gasteiger partial charge is 0.324 e. The molecule has 0 unspecified atom stereocenters. The summed E-state index contributed by atoms with van der Waals surface area (Å²) in [5, 5.41) is 1.63. The van der Waals surface area contributed by atoms with Crippen LogP contribution in [-0.4, -0.2) is 37.8 Å². The highest BCUT2D eigenvalue weighted by atomic mass is 35.7. The number of nitrogens with one attached hydrogen (secondary N) is 1. The van der Waals surface area contributed by atoms with Crippen LogP contribution in [0.3, 0.4) is 0 Å². The maximum Gasteiger partial charge on any atom is 0.324 e. The number of aryl methyl sites for hydroxylation is 1. The van der Waals surface area contributed by atoms with E-state index in [1.165, 1.54) is 0 Å². The van der Waals surface area contributed by atoms with Gasteiger partial charge in [-0.1, -0.05) is 0 Å². The number of halogens is 5. The number of hydrogen-bond donors (Lipinski definition) is 1. The molecular weight excluding hydrogens is 340 g/mol. The zero-order valence-corrected chi connectivity index (χ0v) is 12.2. The van der Waals surface area contributed by atoms with Gasteiger partial charge >= 0.3 is 12.3 Å². The number of nitrogens with zero attached hydrogens (tertiary/aromatic N) is 1. The van der Waals surface area contributed by atoms with Crippen LogP contribution in [0, 0.1) is 0 Å². The molecule has 0 saturated heterocycles. The van der Waals surface area contributed by atoms with Gasteiger partial charge in [0.2, 0.25) is 0 Å². The Kier molecular flexibility index (Phi) is 5.26. The first kappa shape index (κ1) is 17.8. The highest BCUT2D eigenvalue weighted by molar-refractivity contribution is 8.13. The summed E-state index contributed by atoms with van der Waals surface area (Å²) in [4.78, 5) is 11.3. The Morgan fingerprint density at radius 3 is 2.48 bits per heavy atom. The van der Waals surface area contributed by atoms with Gasteiger partial charge in [-0.3, -0.25) is 4.79 Å². The van der Waals surface area contributed by atoms with Crippen molar-refractivity contribution in [3.63, 3.8) is 0 Å². The van der Waals surface area contributed by atoms with E-state index in [-0.39, 0.29) is 12.2 Å². The van der Waals surface area contributed by atoms with Gasteiger partial charge in [-0.05, 0) is 13.0 Å². The Hall–Kier alpha value is -1.29. The number of carbonyl (C=O) groups excluding carboxylic acids is 1. The van der Waals surface area contributed by atoms with Crippen LogP contribution >= 0.6 is 10.7 Å². The highest BCUT2D eigenvalue weighted by Gasteiger charge is 2.41. The molecule has 0 aliphatic heterocycles. The zero-order chi connectivity index (χ0) is 16.4. The van der Waals surface area contributed by atoms with Crippen LogP contribution in [0.5, 0.6) is 0 Å². The van der Waals surface area contributed by atoms with Crippen LogP contribution in [0.15, 0.2) is 17.2 Å². The normalized spacial score (nSPS) is 12.7. The molecule has 0 radical (unpaired) electrons. The molecule has 11 heteroatoms. The van der Waals surface area contributed by atoms with Crippen molar-refractivity contribution in [3.8, 4) is 0 Å². The monoisotopic (exact) mass is 350 g/mol. The molecule has 0 aliphatic carbocycles. The fourth-order valence-electron chi connectivity index (χ4n) is 1.43. The average molecular weight is 351 g/mol. The third-order valence-electron chi connectivity index (χ3n) is 2.53. The van der Waals surface area contributed by atoms with Crippen LogP contribution in [0.2, 0.25) is 0 Å². The van der Waals surface area contributed by atoms with E-state index in [2.05, 4.69) is 0 Å². The van der Waals surface area contributed by atoms with Crippen molar-refractivity contribution in [1.82, 2.24) is 9.88 Å². The number of carbonyl (C=O) groups is 1. The second-order valence-electron chi connectivity index (χ2n) is 4.03. The molecule has 5 nitrogen and oxygen atoms in total. The predicted octanol–water partition coefficient (Wildman–Crippen LogP) is 2.07. The molecule has 0 aromatic carbocycles. The van der Waals surface area contributed by atoms with E-state index >= 15 is 0 Å². The lowest BCUT2D eigenvalue weighted by Gasteiger charge is -2.16. The third kappa shape index (κ3) is 4.34. The number of amides is 1. The van der Waals surface area contributed by atoms with Crippen molar-refractivity contribution < 1.29 is 30.8 Å². The van der Waals surface area contributed by atoms with Gasteiger partial charge in [-0.25, -0.2) is 17.2 Å². The minimum absolute atomic E-state index is 0.153. The van der Waals surface area contributed by atoms with Crippen LogP contribution in [0.4, 0.5) is 17.6 Å². The lowest BCUT2D eigenvalue weighted by molar-refractivity contribution is -0.123. The average Bonchev–Trinajstić information content (AvgIpc) is 2.79. The molecule has 1 rings (SSSR count). The molecule has 120 valence electrons. The zero-order valence-electron chi connectivity index (χ0n) is 10.6. The maximum atomic E-state index is 12.7. The summed E-state index contributed by atoms with van der Waals surface area (Å²) in [6.45, 7) is 0.150. The molecule has 0 spiro atoms. The van der Waals surface area contributed by atoms with Gasteiger partial charge in [-0.2, -0.15) is 8.78 Å². The van der Waals surface area contributed by atoms with Crippen LogP contribution in [-0.2, 0) is 15.6 Å². The number of aromatic nitrogens is 1.